The normalized spacial score (nSPS) is 17.5. The molecule has 1 heterocycles. The highest BCUT2D eigenvalue weighted by molar-refractivity contribution is 5.90. The van der Waals surface area contributed by atoms with E-state index in [1.54, 1.807) is 7.05 Å². The Kier molecular flexibility index (Phi) is 6.98. The fourth-order valence-electron chi connectivity index (χ4n) is 3.69. The highest BCUT2D eigenvalue weighted by atomic mass is 16.5. The number of hydrogen-bond acceptors (Lipinski definition) is 3. The molecule has 3 rings (SSSR count). The zero-order valence-electron chi connectivity index (χ0n) is 18.3. The fourth-order valence-corrected chi connectivity index (χ4v) is 3.69. The van der Waals surface area contributed by atoms with E-state index in [0.29, 0.717) is 13.0 Å². The number of guanidine groups is 1. The lowest BCUT2D eigenvalue weighted by atomic mass is 9.90. The lowest BCUT2D eigenvalue weighted by Gasteiger charge is -2.38. The molecular formula is C24H32N4O2. The van der Waals surface area contributed by atoms with Gasteiger partial charge in [-0.1, -0.05) is 37.3 Å². The van der Waals surface area contributed by atoms with Gasteiger partial charge in [-0.25, -0.2) is 0 Å². The zero-order chi connectivity index (χ0) is 21.6. The van der Waals surface area contributed by atoms with Crippen molar-refractivity contribution in [2.24, 2.45) is 4.99 Å². The number of amides is 1. The van der Waals surface area contributed by atoms with Crippen LogP contribution in [0.15, 0.2) is 53.5 Å². The summed E-state index contributed by atoms with van der Waals surface area (Å²) >= 11 is 0. The number of hydrogen-bond donors (Lipinski definition) is 3. The van der Waals surface area contributed by atoms with Gasteiger partial charge in [0.25, 0.3) is 0 Å². The Bertz CT molecular complexity index is 908. The second kappa shape index (κ2) is 9.65. The van der Waals surface area contributed by atoms with E-state index in [4.69, 9.17) is 4.74 Å². The minimum atomic E-state index is -0.254. The van der Waals surface area contributed by atoms with Crippen LogP contribution in [-0.2, 0) is 11.3 Å². The first-order chi connectivity index (χ1) is 14.4. The van der Waals surface area contributed by atoms with E-state index >= 15 is 0 Å². The number of para-hydroxylation sites is 1. The van der Waals surface area contributed by atoms with E-state index in [-0.39, 0.29) is 17.6 Å². The van der Waals surface area contributed by atoms with Gasteiger partial charge in [-0.05, 0) is 44.0 Å². The molecule has 160 valence electrons. The number of aliphatic imine (C=N–C) groups is 1. The maximum Gasteiger partial charge on any atom is 0.224 e. The molecule has 0 radical (unpaired) electrons. The highest BCUT2D eigenvalue weighted by Crippen LogP contribution is 2.39. The Morgan fingerprint density at radius 2 is 2.00 bits per heavy atom. The lowest BCUT2D eigenvalue weighted by Crippen LogP contribution is -2.45. The summed E-state index contributed by atoms with van der Waals surface area (Å²) in [5.41, 5.74) is 2.77. The van der Waals surface area contributed by atoms with Crippen LogP contribution in [-0.4, -0.2) is 24.5 Å². The Balaban J connectivity index is 1.64. The molecule has 0 bridgehead atoms. The third-order valence-electron chi connectivity index (χ3n) is 5.06. The van der Waals surface area contributed by atoms with Gasteiger partial charge < -0.3 is 20.7 Å². The smallest absolute Gasteiger partial charge is 0.224 e. The Labute approximate surface area is 179 Å². The predicted molar refractivity (Wildman–Crippen MR) is 122 cm³/mol. The van der Waals surface area contributed by atoms with Gasteiger partial charge in [0.2, 0.25) is 5.91 Å². The first kappa shape index (κ1) is 21.7. The van der Waals surface area contributed by atoms with Crippen LogP contribution in [0.4, 0.5) is 5.69 Å². The van der Waals surface area contributed by atoms with Crippen LogP contribution in [0, 0.1) is 0 Å². The Hall–Kier alpha value is -3.02. The van der Waals surface area contributed by atoms with Crippen LogP contribution in [0.3, 0.4) is 0 Å². The molecule has 6 heteroatoms. The lowest BCUT2D eigenvalue weighted by molar-refractivity contribution is -0.116. The molecule has 3 N–H and O–H groups in total. The summed E-state index contributed by atoms with van der Waals surface area (Å²) < 4.78 is 6.12. The molecule has 2 aromatic rings. The summed E-state index contributed by atoms with van der Waals surface area (Å²) in [5.74, 6) is 1.69. The number of carbonyl (C=O) groups is 1. The molecule has 1 aliphatic heterocycles. The molecule has 1 amide bonds. The van der Waals surface area contributed by atoms with E-state index in [1.807, 2.05) is 49.4 Å². The average Bonchev–Trinajstić information content (AvgIpc) is 2.70. The van der Waals surface area contributed by atoms with Gasteiger partial charge in [-0.3, -0.25) is 9.79 Å². The quantitative estimate of drug-likeness (QED) is 0.489. The van der Waals surface area contributed by atoms with Crippen molar-refractivity contribution in [2.45, 2.75) is 58.2 Å². The number of ether oxygens (including phenoxy) is 1. The van der Waals surface area contributed by atoms with Crippen LogP contribution in [0.5, 0.6) is 5.75 Å². The van der Waals surface area contributed by atoms with Gasteiger partial charge >= 0.3 is 0 Å². The van der Waals surface area contributed by atoms with Gasteiger partial charge in [0.05, 0.1) is 6.04 Å². The van der Waals surface area contributed by atoms with Crippen molar-refractivity contribution in [3.8, 4) is 5.75 Å². The molecule has 0 saturated carbocycles. The number of nitrogens with zero attached hydrogens (tertiary/aromatic N) is 1. The molecule has 2 aromatic carbocycles. The standard InChI is InChI=1S/C24H32N4O2/c1-5-9-22(29)27-18-11-8-10-17(14-18)16-26-23(25-4)28-20-15-24(2,3)30-21-13-7-6-12-19(20)21/h6-8,10-14,20H,5,9,15-16H2,1-4H3,(H,27,29)(H2,25,26,28). The number of anilines is 1. The van der Waals surface area contributed by atoms with E-state index in [9.17, 15) is 4.79 Å². The van der Waals surface area contributed by atoms with Crippen LogP contribution in [0.2, 0.25) is 0 Å². The second-order valence-corrected chi connectivity index (χ2v) is 8.22. The molecule has 0 spiro atoms. The fraction of sp³-hybridized carbons (Fsp3) is 0.417. The number of rotatable bonds is 6. The molecule has 1 atom stereocenters. The van der Waals surface area contributed by atoms with E-state index in [2.05, 4.69) is 40.9 Å². The van der Waals surface area contributed by atoms with Crippen molar-refractivity contribution in [3.05, 3.63) is 59.7 Å². The third-order valence-corrected chi connectivity index (χ3v) is 5.06. The molecular weight excluding hydrogens is 376 g/mol. The summed E-state index contributed by atoms with van der Waals surface area (Å²) in [4.78, 5) is 16.2. The van der Waals surface area contributed by atoms with E-state index in [1.165, 1.54) is 0 Å². The van der Waals surface area contributed by atoms with Crippen LogP contribution < -0.4 is 20.7 Å². The monoisotopic (exact) mass is 408 g/mol. The molecule has 6 nitrogen and oxygen atoms in total. The summed E-state index contributed by atoms with van der Waals surface area (Å²) in [5, 5.41) is 9.87. The van der Waals surface area contributed by atoms with Crippen molar-refractivity contribution in [1.29, 1.82) is 0 Å². The van der Waals surface area contributed by atoms with Crippen molar-refractivity contribution in [1.82, 2.24) is 10.6 Å². The maximum atomic E-state index is 11.8. The number of nitrogens with one attached hydrogen (secondary N) is 3. The molecule has 1 unspecified atom stereocenters. The van der Waals surface area contributed by atoms with Crippen LogP contribution in [0.1, 0.15) is 57.2 Å². The van der Waals surface area contributed by atoms with Gasteiger partial charge in [0, 0.05) is 37.7 Å². The molecule has 0 aromatic heterocycles. The highest BCUT2D eigenvalue weighted by Gasteiger charge is 2.33. The summed E-state index contributed by atoms with van der Waals surface area (Å²) in [7, 11) is 1.77. The Morgan fingerprint density at radius 1 is 1.20 bits per heavy atom. The van der Waals surface area contributed by atoms with E-state index in [0.717, 1.165) is 41.4 Å². The van der Waals surface area contributed by atoms with Gasteiger partial charge in [0.1, 0.15) is 11.4 Å². The Morgan fingerprint density at radius 3 is 2.77 bits per heavy atom. The second-order valence-electron chi connectivity index (χ2n) is 8.22. The molecule has 0 fully saturated rings. The topological polar surface area (TPSA) is 74.8 Å². The van der Waals surface area contributed by atoms with E-state index < -0.39 is 0 Å². The maximum absolute atomic E-state index is 11.8. The number of fused-ring (bicyclic) bond motifs is 1. The van der Waals surface area contributed by atoms with Crippen LogP contribution >= 0.6 is 0 Å². The van der Waals surface area contributed by atoms with Crippen molar-refractivity contribution >= 4 is 17.6 Å². The molecule has 30 heavy (non-hydrogen) atoms. The van der Waals surface area contributed by atoms with Crippen molar-refractivity contribution in [2.75, 3.05) is 12.4 Å². The van der Waals surface area contributed by atoms with Gasteiger partial charge in [-0.15, -0.1) is 0 Å². The third kappa shape index (κ3) is 5.75. The molecule has 0 aliphatic carbocycles. The SMILES string of the molecule is CCCC(=O)Nc1cccc(CNC(=NC)NC2CC(C)(C)Oc3ccccc32)c1. The van der Waals surface area contributed by atoms with Gasteiger partial charge in [-0.2, -0.15) is 0 Å². The van der Waals surface area contributed by atoms with Crippen molar-refractivity contribution < 1.29 is 9.53 Å². The van der Waals surface area contributed by atoms with Gasteiger partial charge in [0.15, 0.2) is 5.96 Å². The number of carbonyl (C=O) groups excluding carboxylic acids is 1. The average molecular weight is 409 g/mol. The summed E-state index contributed by atoms with van der Waals surface area (Å²) in [6.45, 7) is 6.81. The van der Waals surface area contributed by atoms with Crippen molar-refractivity contribution in [3.63, 3.8) is 0 Å². The van der Waals surface area contributed by atoms with Crippen LogP contribution in [0.25, 0.3) is 0 Å². The summed E-state index contributed by atoms with van der Waals surface area (Å²) in [6.07, 6.45) is 2.20. The zero-order valence-corrected chi connectivity index (χ0v) is 18.3. The minimum absolute atomic E-state index is 0.0425. The largest absolute Gasteiger partial charge is 0.487 e. The summed E-state index contributed by atoms with van der Waals surface area (Å²) in [6, 6.07) is 16.1. The number of benzene rings is 2. The predicted octanol–water partition coefficient (Wildman–Crippen LogP) is 4.39. The minimum Gasteiger partial charge on any atom is -0.487 e. The molecule has 1 aliphatic rings. The molecule has 0 saturated heterocycles. The first-order valence-corrected chi connectivity index (χ1v) is 10.5. The first-order valence-electron chi connectivity index (χ1n) is 10.5.